The molecule has 0 radical (unpaired) electrons. The maximum Gasteiger partial charge on any atom is 0.115 e. The SMILES string of the molecule is C=C1NC(c2ccc(O)cc2)=CCC1Br. The zero-order chi connectivity index (χ0) is 10.8. The summed E-state index contributed by atoms with van der Waals surface area (Å²) in [6, 6.07) is 7.13. The van der Waals surface area contributed by atoms with Crippen LogP contribution in [0.15, 0.2) is 42.6 Å². The van der Waals surface area contributed by atoms with Gasteiger partial charge in [0.25, 0.3) is 0 Å². The quantitative estimate of drug-likeness (QED) is 0.766. The maximum absolute atomic E-state index is 9.18. The van der Waals surface area contributed by atoms with E-state index in [0.29, 0.717) is 4.83 Å². The van der Waals surface area contributed by atoms with Gasteiger partial charge in [0.1, 0.15) is 5.75 Å². The Labute approximate surface area is 97.4 Å². The summed E-state index contributed by atoms with van der Waals surface area (Å²) in [5, 5.41) is 12.4. The van der Waals surface area contributed by atoms with Gasteiger partial charge in [0.15, 0.2) is 0 Å². The average Bonchev–Trinajstić information content (AvgIpc) is 2.23. The van der Waals surface area contributed by atoms with Crippen molar-refractivity contribution in [2.24, 2.45) is 0 Å². The lowest BCUT2D eigenvalue weighted by molar-refractivity contribution is 0.475. The molecular formula is C12H12BrNO. The monoisotopic (exact) mass is 265 g/mol. The van der Waals surface area contributed by atoms with Gasteiger partial charge in [0.05, 0.1) is 4.83 Å². The van der Waals surface area contributed by atoms with Crippen LogP contribution in [0.3, 0.4) is 0 Å². The van der Waals surface area contributed by atoms with Crippen molar-refractivity contribution >= 4 is 21.6 Å². The summed E-state index contributed by atoms with van der Waals surface area (Å²) in [5.74, 6) is 0.285. The summed E-state index contributed by atoms with van der Waals surface area (Å²) in [4.78, 5) is 0.304. The number of phenols is 1. The highest BCUT2D eigenvalue weighted by Gasteiger charge is 2.15. The fourth-order valence-electron chi connectivity index (χ4n) is 1.50. The highest BCUT2D eigenvalue weighted by molar-refractivity contribution is 9.09. The van der Waals surface area contributed by atoms with Crippen molar-refractivity contribution in [1.82, 2.24) is 5.32 Å². The molecular weight excluding hydrogens is 254 g/mol. The molecule has 0 bridgehead atoms. The van der Waals surface area contributed by atoms with Crippen LogP contribution in [0.4, 0.5) is 0 Å². The first-order valence-electron chi connectivity index (χ1n) is 4.76. The van der Waals surface area contributed by atoms with E-state index in [9.17, 15) is 5.11 Å². The van der Waals surface area contributed by atoms with Crippen molar-refractivity contribution in [2.45, 2.75) is 11.2 Å². The van der Waals surface area contributed by atoms with E-state index >= 15 is 0 Å². The third-order valence-corrected chi connectivity index (χ3v) is 3.31. The molecule has 2 rings (SSSR count). The lowest BCUT2D eigenvalue weighted by Crippen LogP contribution is -2.22. The summed E-state index contributed by atoms with van der Waals surface area (Å²) >= 11 is 3.52. The Bertz CT molecular complexity index is 408. The van der Waals surface area contributed by atoms with Crippen LogP contribution in [-0.2, 0) is 0 Å². The van der Waals surface area contributed by atoms with Gasteiger partial charge in [0.2, 0.25) is 0 Å². The van der Waals surface area contributed by atoms with Gasteiger partial charge in [-0.3, -0.25) is 0 Å². The molecule has 0 amide bonds. The predicted octanol–water partition coefficient (Wildman–Crippen LogP) is 3.00. The average molecular weight is 266 g/mol. The summed E-state index contributed by atoms with van der Waals surface area (Å²) in [6.07, 6.45) is 3.06. The molecule has 0 fully saturated rings. The van der Waals surface area contributed by atoms with E-state index in [4.69, 9.17) is 0 Å². The lowest BCUT2D eigenvalue weighted by atomic mass is 10.1. The van der Waals surface area contributed by atoms with Gasteiger partial charge in [-0.1, -0.05) is 28.6 Å². The Kier molecular flexibility index (Phi) is 2.82. The largest absolute Gasteiger partial charge is 0.508 e. The van der Waals surface area contributed by atoms with Gasteiger partial charge < -0.3 is 10.4 Å². The van der Waals surface area contributed by atoms with Crippen LogP contribution in [0.25, 0.3) is 5.70 Å². The molecule has 1 aliphatic rings. The van der Waals surface area contributed by atoms with Crippen LogP contribution in [-0.4, -0.2) is 9.93 Å². The fraction of sp³-hybridized carbons (Fsp3) is 0.167. The van der Waals surface area contributed by atoms with Crippen LogP contribution in [0.2, 0.25) is 0 Å². The number of halogens is 1. The number of rotatable bonds is 1. The Hall–Kier alpha value is -1.22. The minimum absolute atomic E-state index is 0.285. The molecule has 2 nitrogen and oxygen atoms in total. The molecule has 3 heteroatoms. The molecule has 0 saturated carbocycles. The van der Waals surface area contributed by atoms with Gasteiger partial charge in [-0.2, -0.15) is 0 Å². The van der Waals surface area contributed by atoms with E-state index in [1.165, 1.54) is 0 Å². The van der Waals surface area contributed by atoms with Crippen molar-refractivity contribution in [3.63, 3.8) is 0 Å². The summed E-state index contributed by atoms with van der Waals surface area (Å²) in [6.45, 7) is 3.94. The van der Waals surface area contributed by atoms with Crippen molar-refractivity contribution in [2.75, 3.05) is 0 Å². The fourth-order valence-corrected chi connectivity index (χ4v) is 1.80. The smallest absolute Gasteiger partial charge is 0.115 e. The van der Waals surface area contributed by atoms with E-state index in [1.807, 2.05) is 12.1 Å². The Morgan fingerprint density at radius 1 is 1.33 bits per heavy atom. The number of alkyl halides is 1. The standard InChI is InChI=1S/C12H12BrNO/c1-8-11(13)6-7-12(14-8)9-2-4-10(15)5-3-9/h2-5,7,11,14-15H,1,6H2. The predicted molar refractivity (Wildman–Crippen MR) is 65.7 cm³/mol. The second-order valence-corrected chi connectivity index (χ2v) is 4.62. The van der Waals surface area contributed by atoms with Crippen molar-refractivity contribution in [3.8, 4) is 5.75 Å². The van der Waals surface area contributed by atoms with E-state index in [-0.39, 0.29) is 5.75 Å². The van der Waals surface area contributed by atoms with Crippen LogP contribution < -0.4 is 5.32 Å². The van der Waals surface area contributed by atoms with Gasteiger partial charge in [-0.15, -0.1) is 0 Å². The van der Waals surface area contributed by atoms with Crippen LogP contribution in [0.5, 0.6) is 5.75 Å². The van der Waals surface area contributed by atoms with Gasteiger partial charge in [-0.05, 0) is 36.2 Å². The minimum Gasteiger partial charge on any atom is -0.508 e. The molecule has 2 N–H and O–H groups in total. The van der Waals surface area contributed by atoms with Crippen molar-refractivity contribution in [1.29, 1.82) is 0 Å². The topological polar surface area (TPSA) is 32.3 Å². The van der Waals surface area contributed by atoms with Gasteiger partial charge in [-0.25, -0.2) is 0 Å². The molecule has 1 atom stereocenters. The zero-order valence-corrected chi connectivity index (χ0v) is 9.79. The first-order chi connectivity index (χ1) is 7.16. The molecule has 1 aliphatic heterocycles. The summed E-state index contributed by atoms with van der Waals surface area (Å²) in [5.41, 5.74) is 3.09. The van der Waals surface area contributed by atoms with Crippen LogP contribution in [0, 0.1) is 0 Å². The van der Waals surface area contributed by atoms with E-state index in [2.05, 4.69) is 33.9 Å². The number of phenolic OH excluding ortho intramolecular Hbond substituents is 1. The maximum atomic E-state index is 9.18. The van der Waals surface area contributed by atoms with Crippen LogP contribution >= 0.6 is 15.9 Å². The minimum atomic E-state index is 0.285. The first-order valence-corrected chi connectivity index (χ1v) is 5.68. The Balaban J connectivity index is 2.25. The van der Waals surface area contributed by atoms with E-state index in [0.717, 1.165) is 23.4 Å². The van der Waals surface area contributed by atoms with Gasteiger partial charge in [0, 0.05) is 11.4 Å². The lowest BCUT2D eigenvalue weighted by Gasteiger charge is -2.22. The molecule has 0 aromatic heterocycles. The number of hydrogen-bond acceptors (Lipinski definition) is 2. The Morgan fingerprint density at radius 3 is 2.60 bits per heavy atom. The number of hydrogen-bond donors (Lipinski definition) is 2. The zero-order valence-electron chi connectivity index (χ0n) is 8.20. The van der Waals surface area contributed by atoms with Crippen molar-refractivity contribution in [3.05, 3.63) is 48.2 Å². The number of allylic oxidation sites excluding steroid dienone is 2. The second-order valence-electron chi connectivity index (χ2n) is 3.52. The van der Waals surface area contributed by atoms with Crippen LogP contribution in [0.1, 0.15) is 12.0 Å². The molecule has 1 heterocycles. The summed E-state index contributed by atoms with van der Waals surface area (Å²) in [7, 11) is 0. The Morgan fingerprint density at radius 2 is 2.00 bits per heavy atom. The molecule has 1 aromatic carbocycles. The molecule has 78 valence electrons. The number of benzene rings is 1. The first kappa shape index (κ1) is 10.3. The molecule has 15 heavy (non-hydrogen) atoms. The highest BCUT2D eigenvalue weighted by Crippen LogP contribution is 2.25. The highest BCUT2D eigenvalue weighted by atomic mass is 79.9. The van der Waals surface area contributed by atoms with Crippen molar-refractivity contribution < 1.29 is 5.11 Å². The molecule has 0 aliphatic carbocycles. The van der Waals surface area contributed by atoms with Gasteiger partial charge >= 0.3 is 0 Å². The summed E-state index contributed by atoms with van der Waals surface area (Å²) < 4.78 is 0. The molecule has 1 unspecified atom stereocenters. The van der Waals surface area contributed by atoms with E-state index in [1.54, 1.807) is 12.1 Å². The molecule has 1 aromatic rings. The number of nitrogens with one attached hydrogen (secondary N) is 1. The normalized spacial score (nSPS) is 20.7. The number of aromatic hydroxyl groups is 1. The third kappa shape index (κ3) is 2.23. The third-order valence-electron chi connectivity index (χ3n) is 2.38. The van der Waals surface area contributed by atoms with E-state index < -0.39 is 0 Å². The molecule has 0 saturated heterocycles. The molecule has 0 spiro atoms. The second kappa shape index (κ2) is 4.11.